The van der Waals surface area contributed by atoms with Crippen molar-refractivity contribution in [3.8, 4) is 11.5 Å². The van der Waals surface area contributed by atoms with E-state index in [0.717, 1.165) is 0 Å². The van der Waals surface area contributed by atoms with Crippen molar-refractivity contribution >= 4 is 17.6 Å². The van der Waals surface area contributed by atoms with Crippen LogP contribution in [0.15, 0.2) is 42.5 Å². The number of hydrogen-bond donors (Lipinski definition) is 2. The number of esters is 1. The summed E-state index contributed by atoms with van der Waals surface area (Å²) in [5, 5.41) is 12.4. The van der Waals surface area contributed by atoms with Gasteiger partial charge in [-0.05, 0) is 43.3 Å². The molecule has 2 aromatic rings. The molecule has 2 N–H and O–H groups in total. The summed E-state index contributed by atoms with van der Waals surface area (Å²) in [6.07, 6.45) is 0. The van der Waals surface area contributed by atoms with E-state index in [4.69, 9.17) is 9.47 Å². The predicted molar refractivity (Wildman–Crippen MR) is 85.0 cm³/mol. The molecule has 0 aromatic heterocycles. The first kappa shape index (κ1) is 16.4. The predicted octanol–water partition coefficient (Wildman–Crippen LogP) is 2.83. The molecule has 0 saturated carbocycles. The highest BCUT2D eigenvalue weighted by Crippen LogP contribution is 2.23. The van der Waals surface area contributed by atoms with Crippen LogP contribution < -0.4 is 10.1 Å². The van der Waals surface area contributed by atoms with Crippen LogP contribution in [0.25, 0.3) is 0 Å². The quantitative estimate of drug-likeness (QED) is 0.654. The molecule has 0 atom stereocenters. The van der Waals surface area contributed by atoms with Gasteiger partial charge in [0.1, 0.15) is 17.1 Å². The number of benzene rings is 2. The molecule has 0 unspecified atom stereocenters. The van der Waals surface area contributed by atoms with Gasteiger partial charge in [-0.1, -0.05) is 6.07 Å². The van der Waals surface area contributed by atoms with E-state index in [1.165, 1.54) is 25.3 Å². The summed E-state index contributed by atoms with van der Waals surface area (Å²) in [5.74, 6) is -0.648. The Morgan fingerprint density at radius 3 is 2.65 bits per heavy atom. The molecule has 0 heterocycles. The number of methoxy groups -OCH3 is 1. The Hall–Kier alpha value is -3.02. The highest BCUT2D eigenvalue weighted by atomic mass is 16.5. The average Bonchev–Trinajstić information content (AvgIpc) is 2.56. The van der Waals surface area contributed by atoms with Crippen molar-refractivity contribution in [1.82, 2.24) is 0 Å². The number of ether oxygens (including phenoxy) is 2. The molecular formula is C17H17NO5. The van der Waals surface area contributed by atoms with Gasteiger partial charge in [-0.3, -0.25) is 4.79 Å². The number of rotatable bonds is 5. The van der Waals surface area contributed by atoms with Crippen LogP contribution in [0.5, 0.6) is 11.5 Å². The number of carbonyl (C=O) groups excluding carboxylic acids is 2. The van der Waals surface area contributed by atoms with E-state index in [-0.39, 0.29) is 23.8 Å². The van der Waals surface area contributed by atoms with Gasteiger partial charge in [-0.25, -0.2) is 4.79 Å². The molecule has 2 aromatic carbocycles. The summed E-state index contributed by atoms with van der Waals surface area (Å²) in [7, 11) is 1.52. The summed E-state index contributed by atoms with van der Waals surface area (Å²) < 4.78 is 9.93. The molecule has 23 heavy (non-hydrogen) atoms. The fourth-order valence-electron chi connectivity index (χ4n) is 1.95. The number of carbonyl (C=O) groups is 2. The highest BCUT2D eigenvalue weighted by molar-refractivity contribution is 6.05. The number of hydrogen-bond acceptors (Lipinski definition) is 5. The summed E-state index contributed by atoms with van der Waals surface area (Å²) in [6, 6.07) is 10.9. The lowest BCUT2D eigenvalue weighted by molar-refractivity contribution is 0.0523. The zero-order valence-electron chi connectivity index (χ0n) is 12.8. The number of phenolic OH excluding ortho intramolecular Hbond substituents is 1. The Morgan fingerprint density at radius 1 is 1.17 bits per heavy atom. The third-order valence-corrected chi connectivity index (χ3v) is 3.08. The summed E-state index contributed by atoms with van der Waals surface area (Å²) in [5.41, 5.74) is 0.782. The Kier molecular flexibility index (Phi) is 5.19. The Balaban J connectivity index is 2.20. The largest absolute Gasteiger partial charge is 0.507 e. The molecule has 0 aliphatic rings. The molecule has 6 nitrogen and oxygen atoms in total. The van der Waals surface area contributed by atoms with Crippen molar-refractivity contribution in [2.75, 3.05) is 19.0 Å². The van der Waals surface area contributed by atoms with Crippen molar-refractivity contribution in [3.63, 3.8) is 0 Å². The first-order valence-corrected chi connectivity index (χ1v) is 7.00. The minimum Gasteiger partial charge on any atom is -0.507 e. The topological polar surface area (TPSA) is 84.9 Å². The van der Waals surface area contributed by atoms with Crippen LogP contribution in [0.1, 0.15) is 27.6 Å². The molecule has 0 saturated heterocycles. The van der Waals surface area contributed by atoms with E-state index in [1.54, 1.807) is 31.2 Å². The van der Waals surface area contributed by atoms with Gasteiger partial charge < -0.3 is 19.9 Å². The molecule has 0 aliphatic heterocycles. The van der Waals surface area contributed by atoms with Gasteiger partial charge in [0.15, 0.2) is 0 Å². The van der Waals surface area contributed by atoms with E-state index < -0.39 is 5.97 Å². The molecule has 0 bridgehead atoms. The molecule has 2 rings (SSSR count). The van der Waals surface area contributed by atoms with Gasteiger partial charge in [-0.15, -0.1) is 0 Å². The second-order valence-corrected chi connectivity index (χ2v) is 4.64. The smallest absolute Gasteiger partial charge is 0.341 e. The molecule has 120 valence electrons. The van der Waals surface area contributed by atoms with Crippen LogP contribution in [-0.2, 0) is 4.74 Å². The van der Waals surface area contributed by atoms with Crippen molar-refractivity contribution in [2.24, 2.45) is 0 Å². The van der Waals surface area contributed by atoms with E-state index >= 15 is 0 Å². The van der Waals surface area contributed by atoms with Crippen molar-refractivity contribution < 1.29 is 24.2 Å². The third-order valence-electron chi connectivity index (χ3n) is 3.08. The maximum atomic E-state index is 12.2. The zero-order chi connectivity index (χ0) is 16.8. The number of phenols is 1. The van der Waals surface area contributed by atoms with Gasteiger partial charge in [0.25, 0.3) is 5.91 Å². The number of aromatic hydroxyl groups is 1. The lowest BCUT2D eigenvalue weighted by atomic mass is 10.1. The SMILES string of the molecule is CCOC(=O)c1cc(NC(=O)c2cccc(OC)c2)ccc1O. The second-order valence-electron chi connectivity index (χ2n) is 4.64. The summed E-state index contributed by atoms with van der Waals surface area (Å²) >= 11 is 0. The molecular weight excluding hydrogens is 298 g/mol. The van der Waals surface area contributed by atoms with E-state index in [0.29, 0.717) is 17.0 Å². The van der Waals surface area contributed by atoms with Crippen molar-refractivity contribution in [3.05, 3.63) is 53.6 Å². The highest BCUT2D eigenvalue weighted by Gasteiger charge is 2.14. The molecule has 0 fully saturated rings. The van der Waals surface area contributed by atoms with Gasteiger partial charge in [0.05, 0.1) is 13.7 Å². The van der Waals surface area contributed by atoms with Crippen LogP contribution >= 0.6 is 0 Å². The lowest BCUT2D eigenvalue weighted by Gasteiger charge is -2.09. The van der Waals surface area contributed by atoms with Crippen LogP contribution in [0.2, 0.25) is 0 Å². The maximum Gasteiger partial charge on any atom is 0.341 e. The molecule has 0 spiro atoms. The Labute approximate surface area is 133 Å². The number of nitrogens with one attached hydrogen (secondary N) is 1. The zero-order valence-corrected chi connectivity index (χ0v) is 12.8. The molecule has 0 aliphatic carbocycles. The molecule has 6 heteroatoms. The van der Waals surface area contributed by atoms with Crippen molar-refractivity contribution in [2.45, 2.75) is 6.92 Å². The first-order valence-electron chi connectivity index (χ1n) is 7.00. The number of anilines is 1. The monoisotopic (exact) mass is 315 g/mol. The second kappa shape index (κ2) is 7.31. The summed E-state index contributed by atoms with van der Waals surface area (Å²) in [6.45, 7) is 1.86. The average molecular weight is 315 g/mol. The van der Waals surface area contributed by atoms with Gasteiger partial charge in [0, 0.05) is 11.3 Å². The first-order chi connectivity index (χ1) is 11.0. The van der Waals surface area contributed by atoms with Crippen LogP contribution in [0.4, 0.5) is 5.69 Å². The molecule has 0 radical (unpaired) electrons. The molecule has 1 amide bonds. The number of amides is 1. The van der Waals surface area contributed by atoms with Gasteiger partial charge >= 0.3 is 5.97 Å². The van der Waals surface area contributed by atoms with E-state index in [2.05, 4.69) is 5.32 Å². The Morgan fingerprint density at radius 2 is 1.96 bits per heavy atom. The lowest BCUT2D eigenvalue weighted by Crippen LogP contribution is -2.13. The van der Waals surface area contributed by atoms with E-state index in [9.17, 15) is 14.7 Å². The fourth-order valence-corrected chi connectivity index (χ4v) is 1.95. The van der Waals surface area contributed by atoms with Crippen LogP contribution in [-0.4, -0.2) is 30.7 Å². The van der Waals surface area contributed by atoms with Crippen molar-refractivity contribution in [1.29, 1.82) is 0 Å². The third kappa shape index (κ3) is 4.00. The minimum atomic E-state index is -0.650. The van der Waals surface area contributed by atoms with Crippen LogP contribution in [0.3, 0.4) is 0 Å². The van der Waals surface area contributed by atoms with Gasteiger partial charge in [-0.2, -0.15) is 0 Å². The van der Waals surface area contributed by atoms with Gasteiger partial charge in [0.2, 0.25) is 0 Å². The summed E-state index contributed by atoms with van der Waals surface area (Å²) in [4.78, 5) is 24.0. The fraction of sp³-hybridized carbons (Fsp3) is 0.176. The normalized spacial score (nSPS) is 10.0. The minimum absolute atomic E-state index is 0.00436. The van der Waals surface area contributed by atoms with Crippen LogP contribution in [0, 0.1) is 0 Å². The standard InChI is InChI=1S/C17H17NO5/c1-3-23-17(21)14-10-12(7-8-15(14)19)18-16(20)11-5-4-6-13(9-11)22-2/h4-10,19H,3H2,1-2H3,(H,18,20). The van der Waals surface area contributed by atoms with E-state index in [1.807, 2.05) is 0 Å². The maximum absolute atomic E-state index is 12.2. The Bertz CT molecular complexity index is 727.